The largest absolute Gasteiger partial charge is 0.261 e. The van der Waals surface area contributed by atoms with E-state index in [1.807, 2.05) is 13.8 Å². The Balaban J connectivity index is 2.41. The molecule has 0 unspecified atom stereocenters. The molecule has 1 saturated heterocycles. The number of piperidine rings is 1. The van der Waals surface area contributed by atoms with E-state index in [0.29, 0.717) is 13.1 Å². The van der Waals surface area contributed by atoms with Crippen molar-refractivity contribution in [3.63, 3.8) is 0 Å². The third-order valence-electron chi connectivity index (χ3n) is 3.59. The van der Waals surface area contributed by atoms with Crippen LogP contribution in [0.4, 0.5) is 0 Å². The highest BCUT2D eigenvalue weighted by molar-refractivity contribution is 8.13. The Labute approximate surface area is 130 Å². The number of rotatable bonds is 3. The summed E-state index contributed by atoms with van der Waals surface area (Å²) in [5.41, 5.74) is -0.0819. The first-order chi connectivity index (χ1) is 9.52. The lowest BCUT2D eigenvalue weighted by Crippen LogP contribution is -2.43. The lowest BCUT2D eigenvalue weighted by molar-refractivity contribution is 0.187. The van der Waals surface area contributed by atoms with Crippen LogP contribution in [0.25, 0.3) is 0 Å². The predicted octanol–water partition coefficient (Wildman–Crippen LogP) is 2.42. The normalized spacial score (nSPS) is 20.3. The van der Waals surface area contributed by atoms with Gasteiger partial charge < -0.3 is 0 Å². The standard InChI is InChI=1S/C13H18ClNO4S2/c1-13(2)7-4-8-15(10-13)21(18,19)12-6-3-5-11(9-12)20(14,16)17/h3,5-6,9H,4,7-8,10H2,1-2H3. The summed E-state index contributed by atoms with van der Waals surface area (Å²) in [5, 5.41) is 0. The van der Waals surface area contributed by atoms with Gasteiger partial charge >= 0.3 is 0 Å². The molecular weight excluding hydrogens is 334 g/mol. The van der Waals surface area contributed by atoms with Crippen molar-refractivity contribution >= 4 is 29.8 Å². The van der Waals surface area contributed by atoms with Gasteiger partial charge in [-0.25, -0.2) is 16.8 Å². The molecule has 1 aliphatic rings. The van der Waals surface area contributed by atoms with E-state index < -0.39 is 19.1 Å². The number of halogens is 1. The molecule has 0 bridgehead atoms. The van der Waals surface area contributed by atoms with Crippen LogP contribution in [-0.2, 0) is 19.1 Å². The maximum atomic E-state index is 12.6. The minimum atomic E-state index is -3.95. The van der Waals surface area contributed by atoms with E-state index in [-0.39, 0.29) is 15.2 Å². The van der Waals surface area contributed by atoms with Gasteiger partial charge in [-0.3, -0.25) is 0 Å². The number of nitrogens with zero attached hydrogens (tertiary/aromatic N) is 1. The minimum absolute atomic E-state index is 0.0399. The Hall–Kier alpha value is -0.630. The molecule has 1 aromatic carbocycles. The molecule has 0 saturated carbocycles. The highest BCUT2D eigenvalue weighted by atomic mass is 35.7. The molecule has 0 radical (unpaired) electrons. The molecule has 2 rings (SSSR count). The summed E-state index contributed by atoms with van der Waals surface area (Å²) >= 11 is 0. The molecule has 1 aliphatic heterocycles. The lowest BCUT2D eigenvalue weighted by Gasteiger charge is -2.37. The average molecular weight is 352 g/mol. The van der Waals surface area contributed by atoms with Gasteiger partial charge in [0, 0.05) is 23.8 Å². The van der Waals surface area contributed by atoms with Crippen LogP contribution < -0.4 is 0 Å². The van der Waals surface area contributed by atoms with Crippen molar-refractivity contribution in [2.75, 3.05) is 13.1 Å². The number of hydrogen-bond acceptors (Lipinski definition) is 4. The summed E-state index contributed by atoms with van der Waals surface area (Å²) in [6.07, 6.45) is 1.76. The van der Waals surface area contributed by atoms with Gasteiger partial charge in [0.1, 0.15) is 0 Å². The number of benzene rings is 1. The van der Waals surface area contributed by atoms with Crippen LogP contribution in [-0.4, -0.2) is 34.2 Å². The lowest BCUT2D eigenvalue weighted by atomic mass is 9.85. The van der Waals surface area contributed by atoms with Crippen molar-refractivity contribution < 1.29 is 16.8 Å². The molecule has 0 N–H and O–H groups in total. The Morgan fingerprint density at radius 2 is 1.76 bits per heavy atom. The number of sulfonamides is 1. The van der Waals surface area contributed by atoms with E-state index in [0.717, 1.165) is 18.9 Å². The van der Waals surface area contributed by atoms with Crippen LogP contribution in [0.3, 0.4) is 0 Å². The molecule has 5 nitrogen and oxygen atoms in total. The van der Waals surface area contributed by atoms with E-state index >= 15 is 0 Å². The highest BCUT2D eigenvalue weighted by Crippen LogP contribution is 2.32. The third-order valence-corrected chi connectivity index (χ3v) is 6.78. The fourth-order valence-electron chi connectivity index (χ4n) is 2.51. The SMILES string of the molecule is CC1(C)CCCN(S(=O)(=O)c2cccc(S(=O)(=O)Cl)c2)C1. The molecule has 1 heterocycles. The second-order valence-electron chi connectivity index (χ2n) is 6.02. The first-order valence-corrected chi connectivity index (χ1v) is 10.3. The van der Waals surface area contributed by atoms with Crippen molar-refractivity contribution in [1.82, 2.24) is 4.31 Å². The minimum Gasteiger partial charge on any atom is -0.207 e. The molecule has 0 aromatic heterocycles. The Bertz CT molecular complexity index is 741. The van der Waals surface area contributed by atoms with Crippen molar-refractivity contribution in [3.05, 3.63) is 24.3 Å². The van der Waals surface area contributed by atoms with E-state index in [9.17, 15) is 16.8 Å². The van der Waals surface area contributed by atoms with Gasteiger partial charge in [-0.1, -0.05) is 19.9 Å². The van der Waals surface area contributed by atoms with Gasteiger partial charge in [-0.05, 0) is 36.5 Å². The van der Waals surface area contributed by atoms with Gasteiger partial charge in [0.25, 0.3) is 9.05 Å². The summed E-state index contributed by atoms with van der Waals surface area (Å²) in [7, 11) is -2.38. The van der Waals surface area contributed by atoms with Crippen LogP contribution in [0.5, 0.6) is 0 Å². The van der Waals surface area contributed by atoms with E-state index in [2.05, 4.69) is 0 Å². The molecular formula is C13H18ClNO4S2. The zero-order chi connectivity index (χ0) is 15.9. The molecule has 0 atom stereocenters. The summed E-state index contributed by atoms with van der Waals surface area (Å²) in [6.45, 7) is 4.92. The Morgan fingerprint density at radius 3 is 2.33 bits per heavy atom. The van der Waals surface area contributed by atoms with Crippen molar-refractivity contribution in [2.45, 2.75) is 36.5 Å². The monoisotopic (exact) mass is 351 g/mol. The fraction of sp³-hybridized carbons (Fsp3) is 0.538. The second kappa shape index (κ2) is 5.53. The van der Waals surface area contributed by atoms with Crippen molar-refractivity contribution in [1.29, 1.82) is 0 Å². The third kappa shape index (κ3) is 3.77. The van der Waals surface area contributed by atoms with Gasteiger partial charge in [-0.2, -0.15) is 4.31 Å². The van der Waals surface area contributed by atoms with E-state index in [1.165, 1.54) is 22.5 Å². The van der Waals surface area contributed by atoms with Crippen LogP contribution >= 0.6 is 10.7 Å². The van der Waals surface area contributed by atoms with Gasteiger partial charge in [0.05, 0.1) is 9.79 Å². The Morgan fingerprint density at radius 1 is 1.14 bits per heavy atom. The predicted molar refractivity (Wildman–Crippen MR) is 81.3 cm³/mol. The molecule has 118 valence electrons. The molecule has 0 aliphatic carbocycles. The zero-order valence-electron chi connectivity index (χ0n) is 11.9. The summed E-state index contributed by atoms with van der Waals surface area (Å²) in [5.74, 6) is 0. The quantitative estimate of drug-likeness (QED) is 0.784. The molecule has 1 fully saturated rings. The van der Waals surface area contributed by atoms with Crippen molar-refractivity contribution in [2.24, 2.45) is 5.41 Å². The fourth-order valence-corrected chi connectivity index (χ4v) is 5.09. The smallest absolute Gasteiger partial charge is 0.207 e. The van der Waals surface area contributed by atoms with E-state index in [4.69, 9.17) is 10.7 Å². The summed E-state index contributed by atoms with van der Waals surface area (Å²) in [6, 6.07) is 5.17. The molecule has 1 aromatic rings. The van der Waals surface area contributed by atoms with Gasteiger partial charge in [0.2, 0.25) is 10.0 Å². The van der Waals surface area contributed by atoms with Crippen LogP contribution in [0.15, 0.2) is 34.1 Å². The maximum Gasteiger partial charge on any atom is 0.261 e. The zero-order valence-corrected chi connectivity index (χ0v) is 14.3. The van der Waals surface area contributed by atoms with Crippen LogP contribution in [0.1, 0.15) is 26.7 Å². The van der Waals surface area contributed by atoms with Crippen LogP contribution in [0, 0.1) is 5.41 Å². The first kappa shape index (κ1) is 16.7. The van der Waals surface area contributed by atoms with Gasteiger partial charge in [-0.15, -0.1) is 0 Å². The van der Waals surface area contributed by atoms with E-state index in [1.54, 1.807) is 0 Å². The van der Waals surface area contributed by atoms with Crippen molar-refractivity contribution in [3.8, 4) is 0 Å². The molecule has 21 heavy (non-hydrogen) atoms. The van der Waals surface area contributed by atoms with Crippen LogP contribution in [0.2, 0.25) is 0 Å². The number of hydrogen-bond donors (Lipinski definition) is 0. The Kier molecular flexibility index (Phi) is 4.41. The van der Waals surface area contributed by atoms with Gasteiger partial charge in [0.15, 0.2) is 0 Å². The maximum absolute atomic E-state index is 12.6. The molecule has 8 heteroatoms. The first-order valence-electron chi connectivity index (χ1n) is 6.57. The summed E-state index contributed by atoms with van der Waals surface area (Å²) in [4.78, 5) is -0.247. The second-order valence-corrected chi connectivity index (χ2v) is 10.5. The topological polar surface area (TPSA) is 71.5 Å². The average Bonchev–Trinajstić information content (AvgIpc) is 2.36. The highest BCUT2D eigenvalue weighted by Gasteiger charge is 2.34. The summed E-state index contributed by atoms with van der Waals surface area (Å²) < 4.78 is 49.4. The molecule has 0 amide bonds. The molecule has 0 spiro atoms.